The van der Waals surface area contributed by atoms with E-state index in [1.807, 2.05) is 13.8 Å². The minimum atomic E-state index is -4.37. The zero-order valence-electron chi connectivity index (χ0n) is 15.9. The molecule has 11 heteroatoms. The van der Waals surface area contributed by atoms with Gasteiger partial charge in [0.25, 0.3) is 5.91 Å². The van der Waals surface area contributed by atoms with E-state index in [1.165, 1.54) is 23.5 Å². The van der Waals surface area contributed by atoms with Crippen LogP contribution >= 0.6 is 18.9 Å². The predicted molar refractivity (Wildman–Crippen MR) is 108 cm³/mol. The average molecular weight is 439 g/mol. The van der Waals surface area contributed by atoms with Gasteiger partial charge in [0.1, 0.15) is 11.8 Å². The van der Waals surface area contributed by atoms with Crippen LogP contribution in [0.3, 0.4) is 0 Å². The van der Waals surface area contributed by atoms with Gasteiger partial charge < -0.3 is 25.6 Å². The van der Waals surface area contributed by atoms with E-state index in [0.29, 0.717) is 35.2 Å². The Morgan fingerprint density at radius 1 is 1.38 bits per heavy atom. The molecule has 2 amide bonds. The highest BCUT2D eigenvalue weighted by atomic mass is 32.1. The molecule has 3 rings (SSSR count). The number of benzene rings is 1. The lowest BCUT2D eigenvalue weighted by Crippen LogP contribution is -2.45. The lowest BCUT2D eigenvalue weighted by atomic mass is 9.99. The van der Waals surface area contributed by atoms with Crippen LogP contribution in [0.2, 0.25) is 0 Å². The zero-order chi connectivity index (χ0) is 21.3. The van der Waals surface area contributed by atoms with E-state index < -0.39 is 31.8 Å². The maximum atomic E-state index is 12.9. The van der Waals surface area contributed by atoms with Crippen molar-refractivity contribution in [2.24, 2.45) is 11.7 Å². The molecule has 1 aliphatic rings. The van der Waals surface area contributed by atoms with Gasteiger partial charge >= 0.3 is 7.60 Å². The van der Waals surface area contributed by atoms with E-state index in [1.54, 1.807) is 5.51 Å². The van der Waals surface area contributed by atoms with Crippen molar-refractivity contribution in [1.29, 1.82) is 0 Å². The summed E-state index contributed by atoms with van der Waals surface area (Å²) in [5.41, 5.74) is 9.26. The van der Waals surface area contributed by atoms with Crippen molar-refractivity contribution in [3.8, 4) is 17.0 Å². The van der Waals surface area contributed by atoms with E-state index in [-0.39, 0.29) is 11.7 Å². The molecule has 1 atom stereocenters. The number of carbonyl (C=O) groups excluding carboxylic acids is 2. The summed E-state index contributed by atoms with van der Waals surface area (Å²) in [4.78, 5) is 48.1. The minimum absolute atomic E-state index is 0.165. The highest BCUT2D eigenvalue weighted by Crippen LogP contribution is 2.46. The number of rotatable bonds is 8. The summed E-state index contributed by atoms with van der Waals surface area (Å²) in [5.74, 6) is -0.634. The highest BCUT2D eigenvalue weighted by Gasteiger charge is 2.31. The number of primary amides is 1. The third-order valence-electron chi connectivity index (χ3n) is 4.48. The average Bonchev–Trinajstić information content (AvgIpc) is 3.18. The summed E-state index contributed by atoms with van der Waals surface area (Å²) >= 11 is 1.42. The Morgan fingerprint density at radius 2 is 2.10 bits per heavy atom. The Balaban J connectivity index is 1.95. The fourth-order valence-electron chi connectivity index (χ4n) is 3.27. The van der Waals surface area contributed by atoms with Gasteiger partial charge in [-0.05, 0) is 30.0 Å². The molecule has 156 valence electrons. The number of carbonyl (C=O) groups is 2. The second kappa shape index (κ2) is 8.23. The minimum Gasteiger partial charge on any atom is -0.480 e. The predicted octanol–water partition coefficient (Wildman–Crippen LogP) is 1.86. The van der Waals surface area contributed by atoms with E-state index in [4.69, 9.17) is 20.3 Å². The summed E-state index contributed by atoms with van der Waals surface area (Å²) in [6.07, 6.45) is 0.0842. The zero-order valence-corrected chi connectivity index (χ0v) is 17.6. The summed E-state index contributed by atoms with van der Waals surface area (Å²) in [7, 11) is -4.37. The summed E-state index contributed by atoms with van der Waals surface area (Å²) in [5, 5.41) is 2.69. The van der Waals surface area contributed by atoms with Crippen molar-refractivity contribution in [1.82, 2.24) is 10.3 Å². The van der Waals surface area contributed by atoms with Crippen molar-refractivity contribution in [2.45, 2.75) is 32.7 Å². The van der Waals surface area contributed by atoms with Gasteiger partial charge in [-0.25, -0.2) is 4.98 Å². The fraction of sp³-hybridized carbons (Fsp3) is 0.389. The monoisotopic (exact) mass is 439 g/mol. The number of thiazole rings is 1. The summed E-state index contributed by atoms with van der Waals surface area (Å²) in [6, 6.07) is 2.21. The maximum Gasteiger partial charge on any atom is 0.362 e. The van der Waals surface area contributed by atoms with Gasteiger partial charge in [0, 0.05) is 22.4 Å². The second-order valence-corrected chi connectivity index (χ2v) is 9.79. The molecule has 0 fully saturated rings. The Morgan fingerprint density at radius 3 is 2.72 bits per heavy atom. The molecule has 0 aliphatic heterocycles. The number of fused-ring (bicyclic) bond motifs is 3. The topological polar surface area (TPSA) is 152 Å². The normalized spacial score (nSPS) is 13.7. The van der Waals surface area contributed by atoms with Crippen molar-refractivity contribution in [2.75, 3.05) is 6.35 Å². The Labute approximate surface area is 171 Å². The molecule has 0 spiro atoms. The van der Waals surface area contributed by atoms with Crippen LogP contribution in [0, 0.1) is 5.92 Å². The number of nitrogens with two attached hydrogens (primary N) is 1. The molecule has 1 aromatic heterocycles. The molecule has 0 saturated carbocycles. The number of ether oxygens (including phenoxy) is 1. The van der Waals surface area contributed by atoms with Gasteiger partial charge in [-0.3, -0.25) is 14.2 Å². The van der Waals surface area contributed by atoms with Crippen LogP contribution in [-0.4, -0.2) is 39.0 Å². The van der Waals surface area contributed by atoms with Crippen LogP contribution in [0.15, 0.2) is 17.6 Å². The largest absolute Gasteiger partial charge is 0.480 e. The van der Waals surface area contributed by atoms with Crippen molar-refractivity contribution in [3.05, 3.63) is 33.6 Å². The van der Waals surface area contributed by atoms with Crippen LogP contribution in [0.4, 0.5) is 0 Å². The second-order valence-electron chi connectivity index (χ2n) is 7.26. The van der Waals surface area contributed by atoms with Gasteiger partial charge in [0.15, 0.2) is 6.35 Å². The molecule has 9 nitrogen and oxygen atoms in total. The quantitative estimate of drug-likeness (QED) is 0.391. The number of hydrogen-bond donors (Lipinski definition) is 4. The first-order chi connectivity index (χ1) is 13.6. The molecular weight excluding hydrogens is 417 g/mol. The Hall–Kier alpha value is -2.26. The number of aromatic nitrogens is 1. The van der Waals surface area contributed by atoms with Gasteiger partial charge in [-0.2, -0.15) is 0 Å². The molecule has 0 unspecified atom stereocenters. The first-order valence-corrected chi connectivity index (χ1v) is 11.6. The highest BCUT2D eigenvalue weighted by molar-refractivity contribution is 7.51. The number of nitrogens with one attached hydrogen (secondary N) is 1. The van der Waals surface area contributed by atoms with Gasteiger partial charge in [-0.1, -0.05) is 13.8 Å². The number of hydrogen-bond acceptors (Lipinski definition) is 6. The lowest BCUT2D eigenvalue weighted by molar-refractivity contribution is -0.120. The summed E-state index contributed by atoms with van der Waals surface area (Å²) in [6.45, 7) is 3.85. The van der Waals surface area contributed by atoms with Crippen molar-refractivity contribution >= 4 is 30.7 Å². The third kappa shape index (κ3) is 4.84. The number of nitrogens with zero attached hydrogens (tertiary/aromatic N) is 1. The smallest absolute Gasteiger partial charge is 0.362 e. The van der Waals surface area contributed by atoms with Crippen LogP contribution < -0.4 is 15.8 Å². The first kappa shape index (κ1) is 21.4. The maximum absolute atomic E-state index is 12.9. The molecular formula is C18H22N3O6PS. The standard InChI is InChI=1S/C18H22N3O6PS/c1-9(2)5-12(17(19)22)21-18(23)10-3-4-13(27-8-28(24,25)26)15-11(10)6-14-16(15)20-7-29-14/h3-4,7,9,12H,5-6,8H2,1-2H3,(H2,19,22)(H,21,23)(H2,24,25,26)/t12-/m0/s1. The third-order valence-corrected chi connectivity index (χ3v) is 5.78. The molecule has 1 aliphatic carbocycles. The lowest BCUT2D eigenvalue weighted by Gasteiger charge is -2.19. The van der Waals surface area contributed by atoms with Crippen LogP contribution in [0.25, 0.3) is 11.3 Å². The van der Waals surface area contributed by atoms with Crippen molar-refractivity contribution < 1.29 is 28.7 Å². The molecule has 0 bridgehead atoms. The molecule has 0 radical (unpaired) electrons. The van der Waals surface area contributed by atoms with E-state index >= 15 is 0 Å². The van der Waals surface area contributed by atoms with Crippen LogP contribution in [0.5, 0.6) is 5.75 Å². The number of amides is 2. The van der Waals surface area contributed by atoms with Crippen LogP contribution in [0.1, 0.15) is 41.1 Å². The molecule has 5 N–H and O–H groups in total. The van der Waals surface area contributed by atoms with Gasteiger partial charge in [-0.15, -0.1) is 11.3 Å². The fourth-order valence-corrected chi connectivity index (χ4v) is 4.36. The van der Waals surface area contributed by atoms with Crippen LogP contribution in [-0.2, 0) is 15.8 Å². The molecule has 2 aromatic rings. The van der Waals surface area contributed by atoms with E-state index in [2.05, 4.69) is 10.3 Å². The molecule has 0 saturated heterocycles. The first-order valence-electron chi connectivity index (χ1n) is 8.93. The van der Waals surface area contributed by atoms with Gasteiger partial charge in [0.05, 0.1) is 11.2 Å². The Bertz CT molecular complexity index is 999. The van der Waals surface area contributed by atoms with E-state index in [0.717, 1.165) is 4.88 Å². The van der Waals surface area contributed by atoms with E-state index in [9.17, 15) is 14.2 Å². The molecule has 1 heterocycles. The summed E-state index contributed by atoms with van der Waals surface area (Å²) < 4.78 is 16.5. The SMILES string of the molecule is CC(C)C[C@H](NC(=O)c1ccc(OCP(=O)(O)O)c2c1Cc1scnc1-2)C(N)=O. The Kier molecular flexibility index (Phi) is 6.09. The molecule has 1 aromatic carbocycles. The van der Waals surface area contributed by atoms with Crippen molar-refractivity contribution in [3.63, 3.8) is 0 Å². The molecule has 29 heavy (non-hydrogen) atoms. The van der Waals surface area contributed by atoms with Gasteiger partial charge in [0.2, 0.25) is 5.91 Å².